The van der Waals surface area contributed by atoms with Gasteiger partial charge in [0.05, 0.1) is 38.6 Å². The third-order valence-corrected chi connectivity index (χ3v) is 12.4. The first-order valence-electron chi connectivity index (χ1n) is 17.4. The van der Waals surface area contributed by atoms with E-state index in [2.05, 4.69) is 38.0 Å². The molecule has 47 heavy (non-hydrogen) atoms. The van der Waals surface area contributed by atoms with E-state index in [1.165, 1.54) is 0 Å². The van der Waals surface area contributed by atoms with E-state index in [0.717, 1.165) is 25.7 Å². The Kier molecular flexibility index (Phi) is 15.1. The van der Waals surface area contributed by atoms with Gasteiger partial charge >= 0.3 is 35.7 Å². The number of ether oxygens (including phenoxy) is 3. The summed E-state index contributed by atoms with van der Waals surface area (Å²) < 4.78 is 16.7. The van der Waals surface area contributed by atoms with Gasteiger partial charge in [0.1, 0.15) is 6.10 Å². The first-order chi connectivity index (χ1) is 21.8. The van der Waals surface area contributed by atoms with E-state index >= 15 is 0 Å². The molecule has 4 saturated carbocycles. The molecule has 0 aromatic rings. The third-order valence-electron chi connectivity index (χ3n) is 12.4. The first kappa shape index (κ1) is 40.2. The van der Waals surface area contributed by atoms with Crippen LogP contribution in [0.5, 0.6) is 0 Å². The van der Waals surface area contributed by atoms with Crippen molar-refractivity contribution in [2.24, 2.45) is 46.3 Å². The van der Waals surface area contributed by atoms with Crippen LogP contribution in [0.4, 0.5) is 4.79 Å². The fourth-order valence-electron chi connectivity index (χ4n) is 9.90. The van der Waals surface area contributed by atoms with Gasteiger partial charge in [0, 0.05) is 24.6 Å². The molecule has 12 heteroatoms. The number of amides is 2. The average molecular weight is 673 g/mol. The predicted octanol–water partition coefficient (Wildman–Crippen LogP) is -0.423. The number of fused-ring (bicyclic) bond motifs is 5. The van der Waals surface area contributed by atoms with Gasteiger partial charge < -0.3 is 45.0 Å². The van der Waals surface area contributed by atoms with Gasteiger partial charge in [-0.25, -0.2) is 4.79 Å². The second kappa shape index (κ2) is 17.6. The van der Waals surface area contributed by atoms with E-state index < -0.39 is 24.3 Å². The summed E-state index contributed by atoms with van der Waals surface area (Å²) in [6.07, 6.45) is 4.47. The van der Waals surface area contributed by atoms with Crippen LogP contribution in [0, 0.1) is 46.3 Å². The van der Waals surface area contributed by atoms with Crippen molar-refractivity contribution < 1.29 is 73.5 Å². The van der Waals surface area contributed by atoms with Crippen molar-refractivity contribution in [3.8, 4) is 0 Å². The molecule has 0 radical (unpaired) electrons. The van der Waals surface area contributed by atoms with E-state index in [9.17, 15) is 29.7 Å². The smallest absolute Gasteiger partial charge is 0.550 e. The van der Waals surface area contributed by atoms with E-state index in [4.69, 9.17) is 14.2 Å². The number of nitrogens with one attached hydrogen (secondary N) is 2. The second-order valence-corrected chi connectivity index (χ2v) is 15.0. The predicted molar refractivity (Wildman–Crippen MR) is 169 cm³/mol. The van der Waals surface area contributed by atoms with Gasteiger partial charge in [-0.3, -0.25) is 4.79 Å². The Morgan fingerprint density at radius 1 is 0.957 bits per heavy atom. The summed E-state index contributed by atoms with van der Waals surface area (Å²) in [5.41, 5.74) is 0.0677. The number of hydrogen-bond donors (Lipinski definition) is 4. The van der Waals surface area contributed by atoms with E-state index in [0.29, 0.717) is 70.8 Å². The van der Waals surface area contributed by atoms with Gasteiger partial charge in [0.25, 0.3) is 0 Å². The maximum Gasteiger partial charge on any atom is 1.00 e. The summed E-state index contributed by atoms with van der Waals surface area (Å²) in [7, 11) is 0. The largest absolute Gasteiger partial charge is 1.00 e. The molecule has 0 heterocycles. The van der Waals surface area contributed by atoms with Crippen LogP contribution >= 0.6 is 0 Å². The van der Waals surface area contributed by atoms with Crippen LogP contribution in [-0.4, -0.2) is 86.0 Å². The molecule has 0 spiro atoms. The molecule has 0 unspecified atom stereocenters. The average Bonchev–Trinajstić information content (AvgIpc) is 3.36. The SMILES string of the molecule is C=C(C)C(=O)NCCOCCOCCNC(=O)O[C@@H]1CC[C@@]2(C)[C@@H](C1)C[C@@H](O)[C@@H]1[C@@H]2C[C@H](O)[C@]2(C)[C@@H]([C@H](C)CCC(=O)[O-])CC[C@@H]12.[Na+]. The summed E-state index contributed by atoms with van der Waals surface area (Å²) in [6, 6.07) is 0. The van der Waals surface area contributed by atoms with Gasteiger partial charge in [-0.1, -0.05) is 27.4 Å². The van der Waals surface area contributed by atoms with Crippen LogP contribution in [0.25, 0.3) is 0 Å². The minimum atomic E-state index is -1.03. The Morgan fingerprint density at radius 2 is 1.62 bits per heavy atom. The van der Waals surface area contributed by atoms with Crippen LogP contribution in [-0.2, 0) is 23.8 Å². The molecule has 0 bridgehead atoms. The Morgan fingerprint density at radius 3 is 2.26 bits per heavy atom. The second-order valence-electron chi connectivity index (χ2n) is 15.0. The van der Waals surface area contributed by atoms with Crippen molar-refractivity contribution in [1.82, 2.24) is 10.6 Å². The van der Waals surface area contributed by atoms with Crippen molar-refractivity contribution in [2.75, 3.05) is 39.5 Å². The number of rotatable bonds is 15. The normalized spacial score (nSPS) is 36.5. The van der Waals surface area contributed by atoms with Crippen molar-refractivity contribution in [2.45, 2.75) is 104 Å². The molecular weight excluding hydrogens is 615 g/mol. The van der Waals surface area contributed by atoms with Crippen LogP contribution in [0.15, 0.2) is 12.2 Å². The summed E-state index contributed by atoms with van der Waals surface area (Å²) >= 11 is 0. The molecule has 4 rings (SSSR count). The van der Waals surface area contributed by atoms with Crippen LogP contribution in [0.2, 0.25) is 0 Å². The zero-order valence-corrected chi connectivity index (χ0v) is 31.3. The number of aliphatic hydroxyl groups is 2. The molecule has 262 valence electrons. The molecule has 4 aliphatic rings. The Bertz CT molecular complexity index is 1090. The van der Waals surface area contributed by atoms with Crippen LogP contribution in [0.1, 0.15) is 85.5 Å². The molecule has 0 aromatic heterocycles. The third kappa shape index (κ3) is 9.32. The Balaban J connectivity index is 0.00000600. The molecule has 4 N–H and O–H groups in total. The van der Waals surface area contributed by atoms with Crippen molar-refractivity contribution in [1.29, 1.82) is 0 Å². The van der Waals surface area contributed by atoms with E-state index in [-0.39, 0.29) is 94.3 Å². The monoisotopic (exact) mass is 672 g/mol. The minimum absolute atomic E-state index is 0. The first-order valence-corrected chi connectivity index (χ1v) is 17.4. The van der Waals surface area contributed by atoms with Gasteiger partial charge in [0.15, 0.2) is 0 Å². The zero-order valence-electron chi connectivity index (χ0n) is 29.3. The minimum Gasteiger partial charge on any atom is -0.550 e. The quantitative estimate of drug-likeness (QED) is 0.103. The molecule has 4 aliphatic carbocycles. The van der Waals surface area contributed by atoms with Gasteiger partial charge in [-0.2, -0.15) is 0 Å². The van der Waals surface area contributed by atoms with Crippen molar-refractivity contribution in [3.05, 3.63) is 12.2 Å². The topological polar surface area (TPSA) is 166 Å². The molecule has 0 saturated heterocycles. The molecule has 2 amide bonds. The van der Waals surface area contributed by atoms with Crippen LogP contribution < -0.4 is 45.3 Å². The van der Waals surface area contributed by atoms with Crippen molar-refractivity contribution >= 4 is 18.0 Å². The van der Waals surface area contributed by atoms with E-state index in [1.54, 1.807) is 6.92 Å². The summed E-state index contributed by atoms with van der Waals surface area (Å²) in [6.45, 7) is 14.0. The summed E-state index contributed by atoms with van der Waals surface area (Å²) in [5, 5.41) is 39.9. The number of aliphatic hydroxyl groups excluding tert-OH is 2. The Hall–Kier alpha value is -1.21. The number of carboxylic acid groups (broad SMARTS) is 1. The molecule has 0 aromatic carbocycles. The van der Waals surface area contributed by atoms with Crippen molar-refractivity contribution in [3.63, 3.8) is 0 Å². The number of hydrogen-bond acceptors (Lipinski definition) is 9. The standard InChI is InChI=1S/C35H58N2O9.Na/c1-21(2)32(42)36-12-14-44-16-17-45-15-13-37-33(43)46-24-10-11-34(4)23(18-24)19-28(38)31-26-8-7-25(22(3)6-9-30(40)41)35(26,5)29(39)20-27(31)34;/h22-29,31,38-39H,1,6-20H2,2-5H3,(H,36,42)(H,37,43)(H,40,41);/q;+1/p-1/t22-,23+,24-,25-,26+,27+,28-,29+,31+,34+,35-;/m1./s1. The number of carbonyl (C=O) groups excluding carboxylic acids is 3. The Labute approximate surface area is 302 Å². The molecule has 4 fully saturated rings. The number of carbonyl (C=O) groups is 3. The number of aliphatic carboxylic acids is 1. The van der Waals surface area contributed by atoms with Crippen LogP contribution in [0.3, 0.4) is 0 Å². The molecule has 11 nitrogen and oxygen atoms in total. The fourth-order valence-corrected chi connectivity index (χ4v) is 9.90. The molecule has 11 atom stereocenters. The summed E-state index contributed by atoms with van der Waals surface area (Å²) in [5.74, 6) is -0.127. The summed E-state index contributed by atoms with van der Waals surface area (Å²) in [4.78, 5) is 35.1. The zero-order chi connectivity index (χ0) is 33.6. The molecular formula is C35H57N2NaO9. The maximum absolute atomic E-state index is 12.6. The number of carboxylic acids is 1. The van der Waals surface area contributed by atoms with E-state index in [1.807, 2.05) is 0 Å². The van der Waals surface area contributed by atoms with Gasteiger partial charge in [-0.15, -0.1) is 0 Å². The molecule has 0 aliphatic heterocycles. The maximum atomic E-state index is 12.6. The van der Waals surface area contributed by atoms with Gasteiger partial charge in [0.2, 0.25) is 5.91 Å². The van der Waals surface area contributed by atoms with Gasteiger partial charge in [-0.05, 0) is 111 Å². The fraction of sp³-hybridized carbons (Fsp3) is 0.857. The number of alkyl carbamates (subject to hydrolysis) is 1.